The highest BCUT2D eigenvalue weighted by atomic mass is 35.5. The first-order valence-corrected chi connectivity index (χ1v) is 8.86. The molecule has 0 aliphatic carbocycles. The predicted molar refractivity (Wildman–Crippen MR) is 99.1 cm³/mol. The fourth-order valence-corrected chi connectivity index (χ4v) is 3.90. The molecule has 1 amide bonds. The number of aryl methyl sites for hydroxylation is 2. The zero-order valence-corrected chi connectivity index (χ0v) is 15.5. The minimum absolute atomic E-state index is 0.305. The summed E-state index contributed by atoms with van der Waals surface area (Å²) in [4.78, 5) is 12.7. The maximum atomic E-state index is 13.3. The number of aromatic nitrogens is 2. The molecule has 0 unspecified atom stereocenters. The molecular formula is C17H16ClFN4OS. The lowest BCUT2D eigenvalue weighted by molar-refractivity contribution is 0.0959. The number of hydrogen-bond donors (Lipinski definition) is 1. The van der Waals surface area contributed by atoms with E-state index in [0.29, 0.717) is 25.7 Å². The molecule has 2 aromatic heterocycles. The maximum Gasteiger partial charge on any atom is 0.283 e. The average molecular weight is 379 g/mol. The molecule has 0 aliphatic heterocycles. The van der Waals surface area contributed by atoms with Gasteiger partial charge < -0.3 is 0 Å². The van der Waals surface area contributed by atoms with Gasteiger partial charge in [-0.1, -0.05) is 11.6 Å². The second-order valence-corrected chi connectivity index (χ2v) is 6.94. The summed E-state index contributed by atoms with van der Waals surface area (Å²) in [5.74, 6) is -0.791. The van der Waals surface area contributed by atoms with Crippen molar-refractivity contribution in [3.05, 3.63) is 51.4 Å². The van der Waals surface area contributed by atoms with Crippen molar-refractivity contribution in [1.29, 1.82) is 0 Å². The normalized spacial score (nSPS) is 12.0. The van der Waals surface area contributed by atoms with Crippen molar-refractivity contribution in [3.8, 4) is 0 Å². The van der Waals surface area contributed by atoms with Crippen LogP contribution in [0.2, 0.25) is 5.02 Å². The fraction of sp³-hybridized carbons (Fsp3) is 0.235. The van der Waals surface area contributed by atoms with E-state index in [2.05, 4.69) is 15.6 Å². The summed E-state index contributed by atoms with van der Waals surface area (Å²) in [6.07, 6.45) is 1.88. The van der Waals surface area contributed by atoms with E-state index in [1.165, 1.54) is 12.1 Å². The molecule has 5 nitrogen and oxygen atoms in total. The average Bonchev–Trinajstić information content (AvgIpc) is 3.12. The van der Waals surface area contributed by atoms with Crippen LogP contribution in [0.3, 0.4) is 0 Å². The Labute approximate surface area is 153 Å². The summed E-state index contributed by atoms with van der Waals surface area (Å²) < 4.78 is 15.8. The highest BCUT2D eigenvalue weighted by Gasteiger charge is 2.17. The highest BCUT2D eigenvalue weighted by Crippen LogP contribution is 2.35. The molecular weight excluding hydrogens is 363 g/mol. The first-order valence-electron chi connectivity index (χ1n) is 7.67. The van der Waals surface area contributed by atoms with E-state index in [-0.39, 0.29) is 5.82 Å². The molecule has 0 bridgehead atoms. The number of carbonyl (C=O) groups is 1. The van der Waals surface area contributed by atoms with Crippen LogP contribution in [0.15, 0.2) is 29.5 Å². The Balaban J connectivity index is 1.84. The van der Waals surface area contributed by atoms with Gasteiger partial charge in [0.05, 0.1) is 16.4 Å². The molecule has 2 heterocycles. The van der Waals surface area contributed by atoms with E-state index >= 15 is 0 Å². The summed E-state index contributed by atoms with van der Waals surface area (Å²) in [5.41, 5.74) is 4.87. The summed E-state index contributed by atoms with van der Waals surface area (Å²) in [7, 11) is 0. The maximum absolute atomic E-state index is 13.3. The number of rotatable bonds is 4. The van der Waals surface area contributed by atoms with E-state index in [9.17, 15) is 9.18 Å². The zero-order valence-electron chi connectivity index (χ0n) is 13.9. The van der Waals surface area contributed by atoms with Crippen LogP contribution in [-0.4, -0.2) is 21.4 Å². The molecule has 0 saturated heterocycles. The van der Waals surface area contributed by atoms with Crippen LogP contribution in [-0.2, 0) is 6.54 Å². The van der Waals surface area contributed by atoms with Crippen molar-refractivity contribution in [2.45, 2.75) is 27.3 Å². The number of carbonyl (C=O) groups excluding carboxylic acids is 1. The lowest BCUT2D eigenvalue weighted by atomic mass is 10.2. The van der Waals surface area contributed by atoms with Gasteiger partial charge in [0.15, 0.2) is 0 Å². The molecule has 25 heavy (non-hydrogen) atoms. The third kappa shape index (κ3) is 3.43. The lowest BCUT2D eigenvalue weighted by Gasteiger charge is -2.01. The minimum atomic E-state index is -0.425. The first kappa shape index (κ1) is 17.6. The Bertz CT molecular complexity index is 992. The van der Waals surface area contributed by atoms with Crippen LogP contribution in [0.25, 0.3) is 10.1 Å². The third-order valence-electron chi connectivity index (χ3n) is 3.78. The van der Waals surface area contributed by atoms with Gasteiger partial charge in [0.25, 0.3) is 5.91 Å². The Morgan fingerprint density at radius 2 is 2.24 bits per heavy atom. The van der Waals surface area contributed by atoms with Crippen LogP contribution in [0.4, 0.5) is 4.39 Å². The van der Waals surface area contributed by atoms with Crippen LogP contribution in [0.1, 0.15) is 34.8 Å². The number of hydrazone groups is 1. The number of thiophene rings is 1. The monoisotopic (exact) mass is 378 g/mol. The van der Waals surface area contributed by atoms with Crippen LogP contribution >= 0.6 is 22.9 Å². The zero-order chi connectivity index (χ0) is 18.1. The molecule has 8 heteroatoms. The first-order chi connectivity index (χ1) is 11.9. The van der Waals surface area contributed by atoms with E-state index in [4.69, 9.17) is 11.6 Å². The summed E-state index contributed by atoms with van der Waals surface area (Å²) >= 11 is 7.38. The molecule has 0 atom stereocenters. The van der Waals surface area contributed by atoms with Crippen LogP contribution in [0, 0.1) is 12.7 Å². The van der Waals surface area contributed by atoms with Gasteiger partial charge in [0.1, 0.15) is 10.7 Å². The molecule has 0 fully saturated rings. The van der Waals surface area contributed by atoms with E-state index < -0.39 is 5.91 Å². The number of nitrogens with zero attached hydrogens (tertiary/aromatic N) is 3. The Kier molecular flexibility index (Phi) is 4.87. The number of amides is 1. The van der Waals surface area contributed by atoms with Crippen LogP contribution in [0.5, 0.6) is 0 Å². The van der Waals surface area contributed by atoms with E-state index in [0.717, 1.165) is 29.1 Å². The van der Waals surface area contributed by atoms with Gasteiger partial charge in [-0.05, 0) is 39.0 Å². The second kappa shape index (κ2) is 6.93. The predicted octanol–water partition coefficient (Wildman–Crippen LogP) is 4.37. The van der Waals surface area contributed by atoms with Crippen LogP contribution < -0.4 is 5.43 Å². The summed E-state index contributed by atoms with van der Waals surface area (Å²) in [5, 5.41) is 9.46. The summed E-state index contributed by atoms with van der Waals surface area (Å²) in [6.45, 7) is 6.44. The second-order valence-electron chi connectivity index (χ2n) is 5.51. The number of hydrogen-bond acceptors (Lipinski definition) is 4. The summed E-state index contributed by atoms with van der Waals surface area (Å²) in [6, 6.07) is 4.25. The van der Waals surface area contributed by atoms with E-state index in [1.54, 1.807) is 13.0 Å². The van der Waals surface area contributed by atoms with Crippen molar-refractivity contribution in [2.75, 3.05) is 0 Å². The molecule has 1 N–H and O–H groups in total. The molecule has 0 radical (unpaired) electrons. The van der Waals surface area contributed by atoms with Gasteiger partial charge in [0, 0.05) is 28.4 Å². The van der Waals surface area contributed by atoms with Gasteiger partial charge in [-0.3, -0.25) is 9.48 Å². The Morgan fingerprint density at radius 1 is 1.48 bits per heavy atom. The fourth-order valence-electron chi connectivity index (χ4n) is 2.47. The molecule has 3 rings (SSSR count). The smallest absolute Gasteiger partial charge is 0.272 e. The topological polar surface area (TPSA) is 59.3 Å². The van der Waals surface area contributed by atoms with Gasteiger partial charge in [-0.25, -0.2) is 9.82 Å². The van der Waals surface area contributed by atoms with Gasteiger partial charge in [-0.2, -0.15) is 10.2 Å². The van der Waals surface area contributed by atoms with Crippen molar-refractivity contribution in [1.82, 2.24) is 15.2 Å². The molecule has 3 aromatic rings. The molecule has 0 spiro atoms. The number of halogens is 2. The standard InChI is InChI=1S/C17H16ClFN4OS/c1-4-23-8-13(10(3)22-23)9(2)20-21-17(24)16-15(18)12-6-5-11(19)7-14(12)25-16/h5-8H,4H2,1-3H3,(H,21,24)/b20-9-. The van der Waals surface area contributed by atoms with Gasteiger partial charge >= 0.3 is 0 Å². The number of nitrogens with one attached hydrogen (secondary N) is 1. The molecule has 0 saturated carbocycles. The Morgan fingerprint density at radius 3 is 2.92 bits per heavy atom. The lowest BCUT2D eigenvalue weighted by Crippen LogP contribution is -2.18. The minimum Gasteiger partial charge on any atom is -0.272 e. The largest absolute Gasteiger partial charge is 0.283 e. The number of fused-ring (bicyclic) bond motifs is 1. The van der Waals surface area contributed by atoms with E-state index in [1.807, 2.05) is 24.7 Å². The van der Waals surface area contributed by atoms with Gasteiger partial charge in [0.2, 0.25) is 0 Å². The van der Waals surface area contributed by atoms with Crippen molar-refractivity contribution >= 4 is 44.6 Å². The van der Waals surface area contributed by atoms with Crippen molar-refractivity contribution in [2.24, 2.45) is 5.10 Å². The molecule has 0 aliphatic rings. The quantitative estimate of drug-likeness (QED) is 0.541. The third-order valence-corrected chi connectivity index (χ3v) is 5.44. The molecule has 130 valence electrons. The SMILES string of the molecule is CCn1cc(/C(C)=N\NC(=O)c2sc3cc(F)ccc3c2Cl)c(C)n1. The van der Waals surface area contributed by atoms with Crippen molar-refractivity contribution in [3.63, 3.8) is 0 Å². The van der Waals surface area contributed by atoms with Gasteiger partial charge in [-0.15, -0.1) is 11.3 Å². The van der Waals surface area contributed by atoms with Crippen molar-refractivity contribution < 1.29 is 9.18 Å². The molecule has 1 aromatic carbocycles. The Hall–Kier alpha value is -2.25. The highest BCUT2D eigenvalue weighted by molar-refractivity contribution is 7.21. The number of benzene rings is 1.